The Balaban J connectivity index is 1.78. The standard InChI is InChI=1S/C16H24N4S/c1-11(2)9-17-10-12-5-4-6-13-14(12)19-16(21-13)15-18-7-8-20(15)3/h7-8,11-12,17H,4-6,9-10H2,1-3H3. The molecule has 0 saturated carbocycles. The smallest absolute Gasteiger partial charge is 0.168 e. The minimum atomic E-state index is 0.567. The van der Waals surface area contributed by atoms with Crippen molar-refractivity contribution in [3.63, 3.8) is 0 Å². The van der Waals surface area contributed by atoms with Crippen molar-refractivity contribution in [2.45, 2.75) is 39.0 Å². The Bertz CT molecular complexity index is 599. The van der Waals surface area contributed by atoms with Crippen molar-refractivity contribution < 1.29 is 0 Å². The summed E-state index contributed by atoms with van der Waals surface area (Å²) < 4.78 is 2.05. The third kappa shape index (κ3) is 3.19. The van der Waals surface area contributed by atoms with Gasteiger partial charge in [0.15, 0.2) is 10.8 Å². The van der Waals surface area contributed by atoms with Crippen molar-refractivity contribution in [2.75, 3.05) is 13.1 Å². The Morgan fingerprint density at radius 3 is 3.05 bits per heavy atom. The third-order valence-corrected chi connectivity index (χ3v) is 5.15. The summed E-state index contributed by atoms with van der Waals surface area (Å²) in [5.74, 6) is 2.26. The summed E-state index contributed by atoms with van der Waals surface area (Å²) in [7, 11) is 2.03. The number of hydrogen-bond acceptors (Lipinski definition) is 4. The van der Waals surface area contributed by atoms with Crippen LogP contribution in [0.25, 0.3) is 10.8 Å². The SMILES string of the molecule is CC(C)CNCC1CCCc2sc(-c3nccn3C)nc21. The van der Waals surface area contributed by atoms with E-state index in [2.05, 4.69) is 28.7 Å². The predicted octanol–water partition coefficient (Wildman–Crippen LogP) is 3.21. The van der Waals surface area contributed by atoms with Crippen LogP contribution in [-0.4, -0.2) is 27.6 Å². The van der Waals surface area contributed by atoms with Crippen molar-refractivity contribution in [1.82, 2.24) is 19.9 Å². The average molecular weight is 304 g/mol. The molecule has 1 N–H and O–H groups in total. The van der Waals surface area contributed by atoms with E-state index >= 15 is 0 Å². The topological polar surface area (TPSA) is 42.7 Å². The molecule has 0 fully saturated rings. The Hall–Kier alpha value is -1.20. The monoisotopic (exact) mass is 304 g/mol. The Morgan fingerprint density at radius 2 is 2.33 bits per heavy atom. The van der Waals surface area contributed by atoms with Gasteiger partial charge in [0.05, 0.1) is 5.69 Å². The molecule has 2 aromatic heterocycles. The largest absolute Gasteiger partial charge is 0.332 e. The molecule has 1 unspecified atom stereocenters. The maximum atomic E-state index is 4.93. The molecule has 21 heavy (non-hydrogen) atoms. The number of aryl methyl sites for hydroxylation is 2. The van der Waals surface area contributed by atoms with Crippen LogP contribution in [0.5, 0.6) is 0 Å². The summed E-state index contributed by atoms with van der Waals surface area (Å²) >= 11 is 1.83. The van der Waals surface area contributed by atoms with Crippen LogP contribution in [-0.2, 0) is 13.5 Å². The van der Waals surface area contributed by atoms with E-state index in [1.54, 1.807) is 0 Å². The lowest BCUT2D eigenvalue weighted by atomic mass is 9.91. The molecule has 114 valence electrons. The summed E-state index contributed by atoms with van der Waals surface area (Å²) in [6.07, 6.45) is 7.54. The van der Waals surface area contributed by atoms with Crippen molar-refractivity contribution in [3.05, 3.63) is 23.0 Å². The van der Waals surface area contributed by atoms with E-state index in [0.29, 0.717) is 11.8 Å². The third-order valence-electron chi connectivity index (χ3n) is 4.03. The minimum Gasteiger partial charge on any atom is -0.332 e. The van der Waals surface area contributed by atoms with Crippen molar-refractivity contribution >= 4 is 11.3 Å². The van der Waals surface area contributed by atoms with Gasteiger partial charge < -0.3 is 9.88 Å². The summed E-state index contributed by atoms with van der Waals surface area (Å²) in [6.45, 7) is 6.64. The first-order valence-corrected chi connectivity index (χ1v) is 8.64. The van der Waals surface area contributed by atoms with Crippen molar-refractivity contribution in [1.29, 1.82) is 0 Å². The zero-order valence-electron chi connectivity index (χ0n) is 13.1. The zero-order valence-corrected chi connectivity index (χ0v) is 13.9. The number of thiazole rings is 1. The number of aromatic nitrogens is 3. The first kappa shape index (κ1) is 14.7. The van der Waals surface area contributed by atoms with E-state index in [1.807, 2.05) is 30.8 Å². The number of nitrogens with one attached hydrogen (secondary N) is 1. The highest BCUT2D eigenvalue weighted by molar-refractivity contribution is 7.15. The molecule has 2 heterocycles. The van der Waals surface area contributed by atoms with Gasteiger partial charge in [0.25, 0.3) is 0 Å². The van der Waals surface area contributed by atoms with E-state index in [-0.39, 0.29) is 0 Å². The number of fused-ring (bicyclic) bond motifs is 1. The second kappa shape index (κ2) is 6.28. The molecule has 2 aromatic rings. The molecule has 1 atom stereocenters. The molecule has 0 bridgehead atoms. The highest BCUT2D eigenvalue weighted by Crippen LogP contribution is 2.37. The quantitative estimate of drug-likeness (QED) is 0.922. The maximum Gasteiger partial charge on any atom is 0.168 e. The Kier molecular flexibility index (Phi) is 4.40. The molecule has 0 saturated heterocycles. The van der Waals surface area contributed by atoms with Gasteiger partial charge >= 0.3 is 0 Å². The van der Waals surface area contributed by atoms with Crippen LogP contribution in [0.15, 0.2) is 12.4 Å². The van der Waals surface area contributed by atoms with Gasteiger partial charge in [-0.05, 0) is 31.7 Å². The van der Waals surface area contributed by atoms with Crippen molar-refractivity contribution in [3.8, 4) is 10.8 Å². The number of hydrogen-bond donors (Lipinski definition) is 1. The summed E-state index contributed by atoms with van der Waals surface area (Å²) in [5, 5.41) is 4.67. The van der Waals surface area contributed by atoms with Gasteiger partial charge in [-0.25, -0.2) is 9.97 Å². The van der Waals surface area contributed by atoms with Gasteiger partial charge in [0, 0.05) is 36.8 Å². The molecule has 0 amide bonds. The molecular formula is C16H24N4S. The molecule has 1 aliphatic carbocycles. The highest BCUT2D eigenvalue weighted by Gasteiger charge is 2.25. The average Bonchev–Trinajstić information content (AvgIpc) is 3.04. The van der Waals surface area contributed by atoms with Gasteiger partial charge in [-0.2, -0.15) is 0 Å². The number of nitrogens with zero attached hydrogens (tertiary/aromatic N) is 3. The molecule has 3 rings (SSSR count). The van der Waals surface area contributed by atoms with Gasteiger partial charge in [-0.15, -0.1) is 11.3 Å². The lowest BCUT2D eigenvalue weighted by Crippen LogP contribution is -2.27. The molecular weight excluding hydrogens is 280 g/mol. The van der Waals surface area contributed by atoms with Crippen LogP contribution < -0.4 is 5.32 Å². The van der Waals surface area contributed by atoms with Gasteiger partial charge in [0.1, 0.15) is 0 Å². The zero-order chi connectivity index (χ0) is 14.8. The Labute approximate surface area is 130 Å². The molecule has 0 aliphatic heterocycles. The molecule has 0 radical (unpaired) electrons. The molecule has 0 spiro atoms. The van der Waals surface area contributed by atoms with Gasteiger partial charge in [0.2, 0.25) is 0 Å². The molecule has 0 aromatic carbocycles. The van der Waals surface area contributed by atoms with Gasteiger partial charge in [-0.3, -0.25) is 0 Å². The van der Waals surface area contributed by atoms with E-state index < -0.39 is 0 Å². The highest BCUT2D eigenvalue weighted by atomic mass is 32.1. The summed E-state index contributed by atoms with van der Waals surface area (Å²) in [5.41, 5.74) is 1.32. The van der Waals surface area contributed by atoms with E-state index in [0.717, 1.165) is 23.9 Å². The molecule has 5 heteroatoms. The molecule has 1 aliphatic rings. The predicted molar refractivity (Wildman–Crippen MR) is 87.7 cm³/mol. The van der Waals surface area contributed by atoms with E-state index in [9.17, 15) is 0 Å². The molecule has 4 nitrogen and oxygen atoms in total. The number of imidazole rings is 1. The summed E-state index contributed by atoms with van der Waals surface area (Å²) in [6, 6.07) is 0. The lowest BCUT2D eigenvalue weighted by Gasteiger charge is -2.22. The minimum absolute atomic E-state index is 0.567. The maximum absolute atomic E-state index is 4.93. The van der Waals surface area contributed by atoms with Gasteiger partial charge in [-0.1, -0.05) is 13.8 Å². The first-order chi connectivity index (χ1) is 10.1. The van der Waals surface area contributed by atoms with Crippen LogP contribution in [0.1, 0.15) is 43.2 Å². The fourth-order valence-corrected chi connectivity index (χ4v) is 4.15. The van der Waals surface area contributed by atoms with Crippen LogP contribution >= 0.6 is 11.3 Å². The first-order valence-electron chi connectivity index (χ1n) is 7.83. The van der Waals surface area contributed by atoms with Crippen molar-refractivity contribution in [2.24, 2.45) is 13.0 Å². The number of rotatable bonds is 5. The fraction of sp³-hybridized carbons (Fsp3) is 0.625. The van der Waals surface area contributed by atoms with E-state index in [4.69, 9.17) is 4.98 Å². The fourth-order valence-electron chi connectivity index (χ4n) is 2.92. The van der Waals surface area contributed by atoms with Crippen LogP contribution in [0.3, 0.4) is 0 Å². The van der Waals surface area contributed by atoms with E-state index in [1.165, 1.54) is 29.8 Å². The summed E-state index contributed by atoms with van der Waals surface area (Å²) in [4.78, 5) is 10.8. The van der Waals surface area contributed by atoms with Crippen LogP contribution in [0, 0.1) is 5.92 Å². The lowest BCUT2D eigenvalue weighted by molar-refractivity contribution is 0.473. The van der Waals surface area contributed by atoms with Crippen LogP contribution in [0.4, 0.5) is 0 Å². The Morgan fingerprint density at radius 1 is 1.48 bits per heavy atom. The van der Waals surface area contributed by atoms with Crippen LogP contribution in [0.2, 0.25) is 0 Å². The second-order valence-electron chi connectivity index (χ2n) is 6.33. The second-order valence-corrected chi connectivity index (χ2v) is 7.41. The normalized spacial score (nSPS) is 18.2.